The number of carboxylic acids is 1. The van der Waals surface area contributed by atoms with Crippen LogP contribution in [-0.2, 0) is 33.3 Å². The van der Waals surface area contributed by atoms with Gasteiger partial charge in [0.25, 0.3) is 0 Å². The maximum atomic E-state index is 12.9. The molecule has 0 aromatic carbocycles. The Kier molecular flexibility index (Phi) is 63.5. The summed E-state index contributed by atoms with van der Waals surface area (Å²) in [6.45, 7) is 4.79. The molecule has 0 saturated heterocycles. The van der Waals surface area contributed by atoms with E-state index in [1.165, 1.54) is 289 Å². The predicted octanol–water partition coefficient (Wildman–Crippen LogP) is 21.0. The van der Waals surface area contributed by atoms with Crippen LogP contribution >= 0.6 is 0 Å². The summed E-state index contributed by atoms with van der Waals surface area (Å²) in [5.41, 5.74) is 0. The molecule has 9 nitrogen and oxygen atoms in total. The van der Waals surface area contributed by atoms with Gasteiger partial charge in [0, 0.05) is 12.8 Å². The Morgan fingerprint density at radius 3 is 0.964 bits per heavy atom. The summed E-state index contributed by atoms with van der Waals surface area (Å²) in [7, 11) is 5.94. The normalized spacial score (nSPS) is 12.8. The standard InChI is InChI=1S/C74H139NO8/c1-6-8-10-12-14-16-18-20-22-24-26-27-28-29-30-31-32-33-34-35-36-37-38-39-40-41-42-43-44-45-47-49-51-53-55-57-59-61-63-65-72(77)83-70(69-82-74(73(78)79)80-67-66-75(3,4)5)68-81-71(76)64-62-60-58-56-54-52-50-48-46-25-23-21-19-17-15-13-11-9-7-2/h18,20-21,23-24,26,70,74H,6-17,19,22,25,27-69H2,1-5H3/b20-18-,23-21-,26-24-. The van der Waals surface area contributed by atoms with E-state index in [0.717, 1.165) is 44.9 Å². The van der Waals surface area contributed by atoms with E-state index in [-0.39, 0.29) is 32.2 Å². The molecule has 0 aliphatic heterocycles. The minimum atomic E-state index is -1.62. The summed E-state index contributed by atoms with van der Waals surface area (Å²) in [6, 6.07) is 0. The van der Waals surface area contributed by atoms with Crippen molar-refractivity contribution in [3.8, 4) is 0 Å². The van der Waals surface area contributed by atoms with Gasteiger partial charge in [-0.1, -0.05) is 314 Å². The number of esters is 2. The van der Waals surface area contributed by atoms with Crippen molar-refractivity contribution < 1.29 is 42.9 Å². The lowest BCUT2D eigenvalue weighted by atomic mass is 10.0. The van der Waals surface area contributed by atoms with Gasteiger partial charge in [0.15, 0.2) is 12.4 Å². The van der Waals surface area contributed by atoms with Gasteiger partial charge in [0.2, 0.25) is 0 Å². The van der Waals surface area contributed by atoms with Crippen molar-refractivity contribution in [3.63, 3.8) is 0 Å². The van der Waals surface area contributed by atoms with Gasteiger partial charge in [-0.15, -0.1) is 0 Å². The van der Waals surface area contributed by atoms with Crippen molar-refractivity contribution >= 4 is 17.9 Å². The van der Waals surface area contributed by atoms with Gasteiger partial charge >= 0.3 is 11.9 Å². The molecule has 0 fully saturated rings. The Labute approximate surface area is 515 Å². The van der Waals surface area contributed by atoms with E-state index in [0.29, 0.717) is 17.4 Å². The first-order valence-electron chi connectivity index (χ1n) is 36.1. The van der Waals surface area contributed by atoms with E-state index in [4.69, 9.17) is 18.9 Å². The second kappa shape index (κ2) is 65.5. The number of rotatable bonds is 68. The summed E-state index contributed by atoms with van der Waals surface area (Å²) in [6.07, 6.45) is 79.6. The van der Waals surface area contributed by atoms with Crippen LogP contribution in [0.1, 0.15) is 361 Å². The van der Waals surface area contributed by atoms with E-state index < -0.39 is 24.3 Å². The molecule has 0 aromatic rings. The number of likely N-dealkylation sites (N-methyl/N-ethyl adjacent to an activating group) is 1. The van der Waals surface area contributed by atoms with Crippen LogP contribution in [0.25, 0.3) is 0 Å². The maximum Gasteiger partial charge on any atom is 0.306 e. The highest BCUT2D eigenvalue weighted by Gasteiger charge is 2.22. The zero-order chi connectivity index (χ0) is 60.5. The number of aliphatic carboxylic acids is 1. The maximum absolute atomic E-state index is 12.9. The molecule has 2 unspecified atom stereocenters. The lowest BCUT2D eigenvalue weighted by Crippen LogP contribution is -2.44. The van der Waals surface area contributed by atoms with Gasteiger partial charge in [0.05, 0.1) is 40.3 Å². The average molecular weight is 1170 g/mol. The molecular formula is C74H139NO8. The van der Waals surface area contributed by atoms with Crippen LogP contribution in [0.3, 0.4) is 0 Å². The van der Waals surface area contributed by atoms with Crippen LogP contribution in [0, 0.1) is 0 Å². The van der Waals surface area contributed by atoms with Gasteiger partial charge in [-0.2, -0.15) is 0 Å². The van der Waals surface area contributed by atoms with Crippen LogP contribution in [0.15, 0.2) is 36.5 Å². The van der Waals surface area contributed by atoms with Crippen LogP contribution in [-0.4, -0.2) is 82.3 Å². The molecule has 0 amide bonds. The summed E-state index contributed by atoms with van der Waals surface area (Å²) in [4.78, 5) is 37.4. The zero-order valence-corrected chi connectivity index (χ0v) is 55.8. The fraction of sp³-hybridized carbons (Fsp3) is 0.878. The molecule has 0 spiro atoms. The Morgan fingerprint density at radius 1 is 0.361 bits per heavy atom. The van der Waals surface area contributed by atoms with E-state index in [9.17, 15) is 19.5 Å². The smallest absolute Gasteiger partial charge is 0.306 e. The molecule has 0 radical (unpaired) electrons. The molecule has 0 N–H and O–H groups in total. The van der Waals surface area contributed by atoms with Gasteiger partial charge in [-0.05, 0) is 70.6 Å². The molecule has 0 saturated carbocycles. The molecule has 0 aliphatic rings. The van der Waals surface area contributed by atoms with Gasteiger partial charge in [-0.3, -0.25) is 9.59 Å². The highest BCUT2D eigenvalue weighted by atomic mass is 16.7. The quantitative estimate of drug-likeness (QED) is 0.0195. The predicted molar refractivity (Wildman–Crippen MR) is 353 cm³/mol. The Morgan fingerprint density at radius 2 is 0.651 bits per heavy atom. The lowest BCUT2D eigenvalue weighted by Gasteiger charge is -2.26. The van der Waals surface area contributed by atoms with E-state index >= 15 is 0 Å². The molecule has 0 rings (SSSR count). The molecule has 0 heterocycles. The third-order valence-electron chi connectivity index (χ3n) is 16.4. The molecule has 0 aliphatic carbocycles. The van der Waals surface area contributed by atoms with E-state index in [1.807, 2.05) is 21.1 Å². The minimum Gasteiger partial charge on any atom is -0.545 e. The molecule has 2 atom stereocenters. The van der Waals surface area contributed by atoms with Crippen LogP contribution < -0.4 is 5.11 Å². The van der Waals surface area contributed by atoms with Crippen LogP contribution in [0.4, 0.5) is 0 Å². The fourth-order valence-corrected chi connectivity index (χ4v) is 10.8. The number of hydrogen-bond acceptors (Lipinski definition) is 8. The largest absolute Gasteiger partial charge is 0.545 e. The summed E-state index contributed by atoms with van der Waals surface area (Å²) in [5.74, 6) is -2.26. The fourth-order valence-electron chi connectivity index (χ4n) is 10.8. The van der Waals surface area contributed by atoms with Crippen molar-refractivity contribution in [2.45, 2.75) is 373 Å². The number of quaternary nitrogens is 1. The summed E-state index contributed by atoms with van der Waals surface area (Å²) >= 11 is 0. The summed E-state index contributed by atoms with van der Waals surface area (Å²) in [5, 5.41) is 11.8. The number of ether oxygens (including phenoxy) is 4. The summed E-state index contributed by atoms with van der Waals surface area (Å²) < 4.78 is 22.8. The number of nitrogens with zero attached hydrogens (tertiary/aromatic N) is 1. The Hall–Kier alpha value is -2.49. The van der Waals surface area contributed by atoms with Gasteiger partial charge in [-0.25, -0.2) is 0 Å². The second-order valence-electron chi connectivity index (χ2n) is 25.9. The monoisotopic (exact) mass is 1170 g/mol. The van der Waals surface area contributed by atoms with Crippen molar-refractivity contribution in [2.24, 2.45) is 0 Å². The molecule has 83 heavy (non-hydrogen) atoms. The number of carbonyl (C=O) groups excluding carboxylic acids is 3. The Balaban J connectivity index is 3.95. The molecule has 9 heteroatoms. The molecular weight excluding hydrogens is 1030 g/mol. The van der Waals surface area contributed by atoms with E-state index in [2.05, 4.69) is 50.3 Å². The van der Waals surface area contributed by atoms with Crippen molar-refractivity contribution in [1.82, 2.24) is 0 Å². The van der Waals surface area contributed by atoms with Crippen molar-refractivity contribution in [3.05, 3.63) is 36.5 Å². The number of carbonyl (C=O) groups is 3. The first-order chi connectivity index (χ1) is 40.6. The van der Waals surface area contributed by atoms with Gasteiger partial charge < -0.3 is 33.3 Å². The highest BCUT2D eigenvalue weighted by Crippen LogP contribution is 2.19. The lowest BCUT2D eigenvalue weighted by molar-refractivity contribution is -0.870. The number of hydrogen-bond donors (Lipinski definition) is 0. The highest BCUT2D eigenvalue weighted by molar-refractivity contribution is 5.70. The minimum absolute atomic E-state index is 0.150. The topological polar surface area (TPSA) is 111 Å². The SMILES string of the molecule is CCCCCCC/C=C\C/C=C\CCCCCCCCCCCCCCCCCCCCCCCCCCCCCC(=O)OC(COC(=O)CCCCCCCCCCC/C=C\CCCCCCCC)COC(OCC[N+](C)(C)C)C(=O)[O-]. The van der Waals surface area contributed by atoms with Crippen molar-refractivity contribution in [1.29, 1.82) is 0 Å². The number of carboxylic acid groups (broad SMARTS) is 1. The number of allylic oxidation sites excluding steroid dienone is 6. The Bertz CT molecular complexity index is 1450. The first kappa shape index (κ1) is 80.5. The zero-order valence-electron chi connectivity index (χ0n) is 55.8. The first-order valence-corrected chi connectivity index (χ1v) is 36.1. The van der Waals surface area contributed by atoms with Gasteiger partial charge in [0.1, 0.15) is 13.2 Å². The molecule has 488 valence electrons. The average Bonchev–Trinajstić information content (AvgIpc) is 3.46. The van der Waals surface area contributed by atoms with Crippen molar-refractivity contribution in [2.75, 3.05) is 47.5 Å². The third-order valence-corrected chi connectivity index (χ3v) is 16.4. The van der Waals surface area contributed by atoms with E-state index in [1.54, 1.807) is 0 Å². The molecule has 0 bridgehead atoms. The van der Waals surface area contributed by atoms with Crippen LogP contribution in [0.2, 0.25) is 0 Å². The van der Waals surface area contributed by atoms with Crippen LogP contribution in [0.5, 0.6) is 0 Å². The molecule has 0 aromatic heterocycles. The number of unbranched alkanes of at least 4 members (excludes halogenated alkanes) is 47. The third kappa shape index (κ3) is 66.9. The second-order valence-corrected chi connectivity index (χ2v) is 25.9.